The molecular weight excluding hydrogens is 364 g/mol. The summed E-state index contributed by atoms with van der Waals surface area (Å²) in [5.41, 5.74) is 0.978. The largest absolute Gasteiger partial charge is 0.492 e. The number of piperidine rings is 1. The molecule has 1 aliphatic rings. The van der Waals surface area contributed by atoms with Crippen LogP contribution < -0.4 is 10.1 Å². The normalized spacial score (nSPS) is 18.8. The minimum Gasteiger partial charge on any atom is -0.492 e. The molecule has 6 nitrogen and oxygen atoms in total. The van der Waals surface area contributed by atoms with Crippen LogP contribution in [0, 0.1) is 12.8 Å². The van der Waals surface area contributed by atoms with Gasteiger partial charge in [-0.25, -0.2) is 12.7 Å². The zero-order valence-corrected chi connectivity index (χ0v) is 16.2. The molecule has 1 saturated heterocycles. The Balaban J connectivity index is 1.77. The Morgan fingerprint density at radius 1 is 1.44 bits per heavy atom. The van der Waals surface area contributed by atoms with Gasteiger partial charge in [0.25, 0.3) is 0 Å². The molecule has 1 atom stereocenters. The standard InChI is InChI=1S/C17H25ClN2O4S/c1-3-25(22,23)20-9-4-5-14(12-20)17(21)19-8-10-24-15-7-6-13(2)16(18)11-15/h6-7,11,14H,3-5,8-10,12H2,1-2H3,(H,19,21)/t14-/m1/s1. The average Bonchev–Trinajstić information content (AvgIpc) is 2.61. The van der Waals surface area contributed by atoms with Crippen molar-refractivity contribution in [3.05, 3.63) is 28.8 Å². The Labute approximate surface area is 154 Å². The lowest BCUT2D eigenvalue weighted by Crippen LogP contribution is -2.46. The molecule has 1 aromatic rings. The summed E-state index contributed by atoms with van der Waals surface area (Å²) >= 11 is 6.04. The summed E-state index contributed by atoms with van der Waals surface area (Å²) < 4.78 is 30.9. The second kappa shape index (κ2) is 8.87. The molecule has 0 bridgehead atoms. The predicted octanol–water partition coefficient (Wildman–Crippen LogP) is 2.21. The number of rotatable bonds is 7. The first-order chi connectivity index (χ1) is 11.8. The third-order valence-electron chi connectivity index (χ3n) is 4.33. The molecule has 25 heavy (non-hydrogen) atoms. The van der Waals surface area contributed by atoms with Crippen LogP contribution in [0.4, 0.5) is 0 Å². The van der Waals surface area contributed by atoms with E-state index < -0.39 is 10.0 Å². The smallest absolute Gasteiger partial charge is 0.224 e. The molecule has 1 aromatic carbocycles. The fourth-order valence-corrected chi connectivity index (χ4v) is 4.09. The number of amides is 1. The van der Waals surface area contributed by atoms with E-state index in [0.29, 0.717) is 43.3 Å². The Kier molecular flexibility index (Phi) is 7.10. The summed E-state index contributed by atoms with van der Waals surface area (Å²) in [5.74, 6) is 0.294. The molecule has 8 heteroatoms. The van der Waals surface area contributed by atoms with Crippen molar-refractivity contribution in [3.8, 4) is 5.75 Å². The summed E-state index contributed by atoms with van der Waals surface area (Å²) in [6.07, 6.45) is 1.41. The number of nitrogens with one attached hydrogen (secondary N) is 1. The quantitative estimate of drug-likeness (QED) is 0.726. The first-order valence-corrected chi connectivity index (χ1v) is 10.5. The number of nitrogens with zero attached hydrogens (tertiary/aromatic N) is 1. The van der Waals surface area contributed by atoms with Gasteiger partial charge >= 0.3 is 0 Å². The monoisotopic (exact) mass is 388 g/mol. The first-order valence-electron chi connectivity index (χ1n) is 8.48. The molecule has 0 aromatic heterocycles. The lowest BCUT2D eigenvalue weighted by molar-refractivity contribution is -0.126. The molecule has 2 rings (SSSR count). The van der Waals surface area contributed by atoms with Gasteiger partial charge < -0.3 is 10.1 Å². The first kappa shape index (κ1) is 20.0. The summed E-state index contributed by atoms with van der Waals surface area (Å²) in [6.45, 7) is 4.98. The Morgan fingerprint density at radius 2 is 2.20 bits per heavy atom. The van der Waals surface area contributed by atoms with Crippen LogP contribution >= 0.6 is 11.6 Å². The van der Waals surface area contributed by atoms with Crippen LogP contribution in [0.1, 0.15) is 25.3 Å². The second-order valence-corrected chi connectivity index (χ2v) is 8.81. The van der Waals surface area contributed by atoms with E-state index in [2.05, 4.69) is 5.32 Å². The molecule has 1 amide bonds. The fraction of sp³-hybridized carbons (Fsp3) is 0.588. The van der Waals surface area contributed by atoms with E-state index in [1.54, 1.807) is 13.0 Å². The number of aryl methyl sites for hydroxylation is 1. The molecule has 1 aliphatic heterocycles. The van der Waals surface area contributed by atoms with Crippen LogP contribution in [0.2, 0.25) is 5.02 Å². The summed E-state index contributed by atoms with van der Waals surface area (Å²) in [4.78, 5) is 12.3. The van der Waals surface area contributed by atoms with Crippen molar-refractivity contribution in [2.24, 2.45) is 5.92 Å². The van der Waals surface area contributed by atoms with Crippen molar-refractivity contribution in [1.29, 1.82) is 0 Å². The molecule has 0 unspecified atom stereocenters. The van der Waals surface area contributed by atoms with Crippen molar-refractivity contribution >= 4 is 27.5 Å². The highest BCUT2D eigenvalue weighted by Gasteiger charge is 2.31. The van der Waals surface area contributed by atoms with Crippen molar-refractivity contribution in [2.45, 2.75) is 26.7 Å². The number of ether oxygens (including phenoxy) is 1. The van der Waals surface area contributed by atoms with Gasteiger partial charge in [-0.2, -0.15) is 0 Å². The predicted molar refractivity (Wildman–Crippen MR) is 98.5 cm³/mol. The van der Waals surface area contributed by atoms with Gasteiger partial charge in [-0.15, -0.1) is 0 Å². The Hall–Kier alpha value is -1.31. The Morgan fingerprint density at radius 3 is 2.88 bits per heavy atom. The van der Waals surface area contributed by atoms with Crippen LogP contribution in [0.15, 0.2) is 18.2 Å². The minimum atomic E-state index is -3.24. The number of carbonyl (C=O) groups is 1. The molecule has 1 N–H and O–H groups in total. The average molecular weight is 389 g/mol. The molecular formula is C17H25ClN2O4S. The number of benzene rings is 1. The van der Waals surface area contributed by atoms with Gasteiger partial charge in [0.15, 0.2) is 0 Å². The lowest BCUT2D eigenvalue weighted by atomic mass is 9.99. The summed E-state index contributed by atoms with van der Waals surface area (Å²) in [6, 6.07) is 5.45. The van der Waals surface area contributed by atoms with Crippen LogP contribution in [0.25, 0.3) is 0 Å². The number of hydrogen-bond acceptors (Lipinski definition) is 4. The highest BCUT2D eigenvalue weighted by Crippen LogP contribution is 2.22. The van der Waals surface area contributed by atoms with Crippen LogP contribution in [-0.2, 0) is 14.8 Å². The number of sulfonamides is 1. The van der Waals surface area contributed by atoms with Crippen LogP contribution in [-0.4, -0.2) is 50.6 Å². The van der Waals surface area contributed by atoms with E-state index in [4.69, 9.17) is 16.3 Å². The van der Waals surface area contributed by atoms with E-state index in [9.17, 15) is 13.2 Å². The van der Waals surface area contributed by atoms with E-state index in [1.165, 1.54) is 4.31 Å². The van der Waals surface area contributed by atoms with Crippen molar-refractivity contribution in [1.82, 2.24) is 9.62 Å². The van der Waals surface area contributed by atoms with Crippen LogP contribution in [0.3, 0.4) is 0 Å². The van der Waals surface area contributed by atoms with Gasteiger partial charge in [0.2, 0.25) is 15.9 Å². The molecule has 1 fully saturated rings. The van der Waals surface area contributed by atoms with Gasteiger partial charge in [-0.05, 0) is 44.4 Å². The molecule has 1 heterocycles. The van der Waals surface area contributed by atoms with Gasteiger partial charge in [-0.1, -0.05) is 17.7 Å². The van der Waals surface area contributed by atoms with Gasteiger partial charge in [0.05, 0.1) is 18.2 Å². The lowest BCUT2D eigenvalue weighted by Gasteiger charge is -2.30. The molecule has 0 radical (unpaired) electrons. The van der Waals surface area contributed by atoms with E-state index >= 15 is 0 Å². The maximum atomic E-state index is 12.3. The van der Waals surface area contributed by atoms with E-state index in [-0.39, 0.29) is 24.1 Å². The SMILES string of the molecule is CCS(=O)(=O)N1CCC[C@@H](C(=O)NCCOc2ccc(C)c(Cl)c2)C1. The third-order valence-corrected chi connectivity index (χ3v) is 6.58. The molecule has 0 spiro atoms. The highest BCUT2D eigenvalue weighted by atomic mass is 35.5. The number of carbonyl (C=O) groups excluding carboxylic acids is 1. The highest BCUT2D eigenvalue weighted by molar-refractivity contribution is 7.89. The van der Waals surface area contributed by atoms with Crippen LogP contribution in [0.5, 0.6) is 5.75 Å². The zero-order chi connectivity index (χ0) is 18.4. The maximum Gasteiger partial charge on any atom is 0.224 e. The molecule has 0 saturated carbocycles. The van der Waals surface area contributed by atoms with Gasteiger partial charge in [0.1, 0.15) is 12.4 Å². The van der Waals surface area contributed by atoms with E-state index in [0.717, 1.165) is 5.56 Å². The topological polar surface area (TPSA) is 75.7 Å². The number of hydrogen-bond donors (Lipinski definition) is 1. The Bertz CT molecular complexity index is 709. The van der Waals surface area contributed by atoms with Crippen molar-refractivity contribution in [3.63, 3.8) is 0 Å². The molecule has 140 valence electrons. The number of halogens is 1. The maximum absolute atomic E-state index is 12.3. The second-order valence-electron chi connectivity index (χ2n) is 6.15. The molecule has 0 aliphatic carbocycles. The third kappa shape index (κ3) is 5.59. The van der Waals surface area contributed by atoms with Crippen molar-refractivity contribution < 1.29 is 17.9 Å². The zero-order valence-electron chi connectivity index (χ0n) is 14.6. The van der Waals surface area contributed by atoms with Gasteiger partial charge in [-0.3, -0.25) is 4.79 Å². The minimum absolute atomic E-state index is 0.0638. The fourth-order valence-electron chi connectivity index (χ4n) is 2.74. The van der Waals surface area contributed by atoms with E-state index in [1.807, 2.05) is 19.1 Å². The summed E-state index contributed by atoms with van der Waals surface area (Å²) in [7, 11) is -3.24. The van der Waals surface area contributed by atoms with Gasteiger partial charge in [0, 0.05) is 18.1 Å². The summed E-state index contributed by atoms with van der Waals surface area (Å²) in [5, 5.41) is 3.46. The van der Waals surface area contributed by atoms with Crippen molar-refractivity contribution in [2.75, 3.05) is 32.0 Å².